The molecule has 1 unspecified atom stereocenters. The van der Waals surface area contributed by atoms with Gasteiger partial charge >= 0.3 is 5.97 Å². The number of carbonyl (C=O) groups is 1. The molecule has 0 saturated carbocycles. The van der Waals surface area contributed by atoms with Gasteiger partial charge in [-0.3, -0.25) is 9.89 Å². The molecule has 4 N–H and O–H groups in total. The van der Waals surface area contributed by atoms with Gasteiger partial charge in [0, 0.05) is 5.69 Å². The molecule has 14 heavy (non-hydrogen) atoms. The highest BCUT2D eigenvalue weighted by atomic mass is 16.4. The summed E-state index contributed by atoms with van der Waals surface area (Å²) in [7, 11) is 0. The maximum absolute atomic E-state index is 10.5. The van der Waals surface area contributed by atoms with E-state index in [1.165, 1.54) is 0 Å². The van der Waals surface area contributed by atoms with E-state index in [1.807, 2.05) is 0 Å². The zero-order chi connectivity index (χ0) is 10.1. The zero-order valence-corrected chi connectivity index (χ0v) is 7.79. The standard InChI is InChI=1S/C9H13N3O2/c10-6(4-8(13)14)9-5-2-1-3-7(5)11-12-9/h6H,1-4,10H2,(H,11,12)(H,13,14). The van der Waals surface area contributed by atoms with Crippen molar-refractivity contribution in [3.8, 4) is 0 Å². The first-order chi connectivity index (χ1) is 6.68. The van der Waals surface area contributed by atoms with E-state index in [9.17, 15) is 4.79 Å². The van der Waals surface area contributed by atoms with Crippen molar-refractivity contribution in [1.82, 2.24) is 10.2 Å². The summed E-state index contributed by atoms with van der Waals surface area (Å²) in [5.41, 5.74) is 8.75. The second-order valence-electron chi connectivity index (χ2n) is 3.62. The lowest BCUT2D eigenvalue weighted by Gasteiger charge is -2.06. The van der Waals surface area contributed by atoms with E-state index in [4.69, 9.17) is 10.8 Å². The van der Waals surface area contributed by atoms with Gasteiger partial charge in [-0.15, -0.1) is 0 Å². The fourth-order valence-corrected chi connectivity index (χ4v) is 1.94. The van der Waals surface area contributed by atoms with Gasteiger partial charge in [0.1, 0.15) is 0 Å². The van der Waals surface area contributed by atoms with Crippen LogP contribution in [0.3, 0.4) is 0 Å². The highest BCUT2D eigenvalue weighted by molar-refractivity contribution is 5.67. The molecule has 0 amide bonds. The van der Waals surface area contributed by atoms with Crippen LogP contribution in [0.4, 0.5) is 0 Å². The molecule has 5 nitrogen and oxygen atoms in total. The van der Waals surface area contributed by atoms with Gasteiger partial charge in [0.25, 0.3) is 0 Å². The molecule has 1 aromatic heterocycles. The Kier molecular flexibility index (Phi) is 2.25. The highest BCUT2D eigenvalue weighted by Crippen LogP contribution is 2.26. The van der Waals surface area contributed by atoms with Crippen LogP contribution in [0.5, 0.6) is 0 Å². The molecular formula is C9H13N3O2. The summed E-state index contributed by atoms with van der Waals surface area (Å²) in [6, 6.07) is -0.481. The van der Waals surface area contributed by atoms with E-state index in [0.717, 1.165) is 36.2 Å². The third kappa shape index (κ3) is 1.50. The SMILES string of the molecule is NC(CC(=O)O)c1n[nH]c2c1CCC2. The third-order valence-corrected chi connectivity index (χ3v) is 2.58. The lowest BCUT2D eigenvalue weighted by molar-refractivity contribution is -0.137. The molecule has 1 aliphatic rings. The van der Waals surface area contributed by atoms with Gasteiger partial charge in [0.05, 0.1) is 18.2 Å². The first kappa shape index (κ1) is 9.21. The molecule has 5 heteroatoms. The molecule has 0 saturated heterocycles. The van der Waals surface area contributed by atoms with Gasteiger partial charge in [-0.2, -0.15) is 5.10 Å². The van der Waals surface area contributed by atoms with Crippen LogP contribution in [-0.2, 0) is 17.6 Å². The van der Waals surface area contributed by atoms with Gasteiger partial charge in [0.2, 0.25) is 0 Å². The molecule has 1 aromatic rings. The lowest BCUT2D eigenvalue weighted by atomic mass is 10.1. The maximum atomic E-state index is 10.5. The topological polar surface area (TPSA) is 92.0 Å². The van der Waals surface area contributed by atoms with Crippen molar-refractivity contribution in [2.45, 2.75) is 31.7 Å². The van der Waals surface area contributed by atoms with E-state index in [-0.39, 0.29) is 6.42 Å². The Labute approximate surface area is 81.3 Å². The molecule has 1 heterocycles. The van der Waals surface area contributed by atoms with Crippen molar-refractivity contribution in [2.75, 3.05) is 0 Å². The molecule has 1 aliphatic carbocycles. The minimum absolute atomic E-state index is 0.0582. The third-order valence-electron chi connectivity index (χ3n) is 2.58. The van der Waals surface area contributed by atoms with Crippen LogP contribution in [0.15, 0.2) is 0 Å². The smallest absolute Gasteiger partial charge is 0.305 e. The minimum Gasteiger partial charge on any atom is -0.481 e. The Bertz CT molecular complexity index is 359. The number of hydrogen-bond donors (Lipinski definition) is 3. The molecule has 2 rings (SSSR count). The Balaban J connectivity index is 2.19. The van der Waals surface area contributed by atoms with Crippen molar-refractivity contribution < 1.29 is 9.90 Å². The van der Waals surface area contributed by atoms with Crippen molar-refractivity contribution in [2.24, 2.45) is 5.73 Å². The number of H-pyrrole nitrogens is 1. The number of carboxylic acids is 1. The highest BCUT2D eigenvalue weighted by Gasteiger charge is 2.23. The number of nitrogens with one attached hydrogen (secondary N) is 1. The Hall–Kier alpha value is -1.36. The molecular weight excluding hydrogens is 182 g/mol. The van der Waals surface area contributed by atoms with Crippen LogP contribution >= 0.6 is 0 Å². The predicted molar refractivity (Wildman–Crippen MR) is 49.8 cm³/mol. The monoisotopic (exact) mass is 195 g/mol. The first-order valence-electron chi connectivity index (χ1n) is 4.72. The molecule has 0 fully saturated rings. The van der Waals surface area contributed by atoms with Crippen LogP contribution in [0.25, 0.3) is 0 Å². The van der Waals surface area contributed by atoms with Crippen molar-refractivity contribution in [3.63, 3.8) is 0 Å². The van der Waals surface area contributed by atoms with E-state index in [1.54, 1.807) is 0 Å². The van der Waals surface area contributed by atoms with E-state index >= 15 is 0 Å². The van der Waals surface area contributed by atoms with Crippen LogP contribution in [-0.4, -0.2) is 21.3 Å². The average Bonchev–Trinajstić information content (AvgIpc) is 2.59. The number of aromatic nitrogens is 2. The quantitative estimate of drug-likeness (QED) is 0.649. The summed E-state index contributed by atoms with van der Waals surface area (Å²) in [6.07, 6.45) is 3.02. The number of nitrogens with two attached hydrogens (primary N) is 1. The van der Waals surface area contributed by atoms with Crippen molar-refractivity contribution in [1.29, 1.82) is 0 Å². The van der Waals surface area contributed by atoms with Crippen molar-refractivity contribution >= 4 is 5.97 Å². The molecule has 0 radical (unpaired) electrons. The first-order valence-corrected chi connectivity index (χ1v) is 4.72. The summed E-state index contributed by atoms with van der Waals surface area (Å²) in [4.78, 5) is 10.5. The zero-order valence-electron chi connectivity index (χ0n) is 7.79. The fourth-order valence-electron chi connectivity index (χ4n) is 1.94. The van der Waals surface area contributed by atoms with Gasteiger partial charge in [-0.25, -0.2) is 0 Å². The van der Waals surface area contributed by atoms with Gasteiger partial charge in [-0.05, 0) is 24.8 Å². The van der Waals surface area contributed by atoms with Gasteiger partial charge < -0.3 is 10.8 Å². The molecule has 1 atom stereocenters. The van der Waals surface area contributed by atoms with Gasteiger partial charge in [0.15, 0.2) is 0 Å². The van der Waals surface area contributed by atoms with E-state index in [0.29, 0.717) is 0 Å². The Morgan fingerprint density at radius 3 is 3.14 bits per heavy atom. The molecule has 76 valence electrons. The Morgan fingerprint density at radius 2 is 2.43 bits per heavy atom. The van der Waals surface area contributed by atoms with Crippen LogP contribution in [0.1, 0.15) is 35.8 Å². The minimum atomic E-state index is -0.882. The van der Waals surface area contributed by atoms with Crippen molar-refractivity contribution in [3.05, 3.63) is 17.0 Å². The van der Waals surface area contributed by atoms with E-state index < -0.39 is 12.0 Å². The normalized spacial score (nSPS) is 16.6. The Morgan fingerprint density at radius 1 is 1.64 bits per heavy atom. The number of aryl methyl sites for hydroxylation is 1. The number of aliphatic carboxylic acids is 1. The number of hydrogen-bond acceptors (Lipinski definition) is 3. The predicted octanol–water partition coefficient (Wildman–Crippen LogP) is 0.373. The summed E-state index contributed by atoms with van der Waals surface area (Å²) >= 11 is 0. The number of fused-ring (bicyclic) bond motifs is 1. The van der Waals surface area contributed by atoms with Crippen LogP contribution in [0, 0.1) is 0 Å². The number of nitrogens with zero attached hydrogens (tertiary/aromatic N) is 1. The van der Waals surface area contributed by atoms with Gasteiger partial charge in [-0.1, -0.05) is 0 Å². The van der Waals surface area contributed by atoms with Crippen LogP contribution < -0.4 is 5.73 Å². The molecule has 0 aromatic carbocycles. The number of aromatic amines is 1. The second kappa shape index (κ2) is 3.42. The number of rotatable bonds is 3. The largest absolute Gasteiger partial charge is 0.481 e. The fraction of sp³-hybridized carbons (Fsp3) is 0.556. The summed E-state index contributed by atoms with van der Waals surface area (Å²) in [5.74, 6) is -0.882. The summed E-state index contributed by atoms with van der Waals surface area (Å²) in [5, 5.41) is 15.6. The number of carboxylic acid groups (broad SMARTS) is 1. The molecule has 0 aliphatic heterocycles. The molecule has 0 spiro atoms. The summed E-state index contributed by atoms with van der Waals surface area (Å²) in [6.45, 7) is 0. The second-order valence-corrected chi connectivity index (χ2v) is 3.62. The average molecular weight is 195 g/mol. The molecule has 0 bridgehead atoms. The van der Waals surface area contributed by atoms with E-state index in [2.05, 4.69) is 10.2 Å². The van der Waals surface area contributed by atoms with Crippen LogP contribution in [0.2, 0.25) is 0 Å². The summed E-state index contributed by atoms with van der Waals surface area (Å²) < 4.78 is 0. The lowest BCUT2D eigenvalue weighted by Crippen LogP contribution is -2.16. The maximum Gasteiger partial charge on any atom is 0.305 e.